The molecule has 0 aromatic rings. The van der Waals surface area contributed by atoms with Crippen LogP contribution in [0.3, 0.4) is 0 Å². The molecule has 0 fully saturated rings. The molecular formula is C56H99NO3. The van der Waals surface area contributed by atoms with Gasteiger partial charge in [0.05, 0.1) is 18.8 Å². The molecule has 0 saturated carbocycles. The third-order valence-corrected chi connectivity index (χ3v) is 11.3. The van der Waals surface area contributed by atoms with Crippen LogP contribution < -0.4 is 5.32 Å². The number of unbranched alkanes of at least 4 members (excludes halogenated alkanes) is 27. The van der Waals surface area contributed by atoms with Gasteiger partial charge in [-0.15, -0.1) is 0 Å². The number of aliphatic hydroxyl groups excluding tert-OH is 2. The maximum Gasteiger partial charge on any atom is 0.220 e. The SMILES string of the molecule is CC/C=C\C/C=C\C/C=C\C/C=C\C/C=C\CCCCCCCCCCCCCCCCCCCCCCCCCCCC(=O)NC(CO)C(O)/C=C/CC/C=C/CCC. The topological polar surface area (TPSA) is 69.6 Å². The smallest absolute Gasteiger partial charge is 0.220 e. The first-order valence-corrected chi connectivity index (χ1v) is 25.8. The van der Waals surface area contributed by atoms with E-state index < -0.39 is 12.1 Å². The van der Waals surface area contributed by atoms with Crippen LogP contribution in [0.5, 0.6) is 0 Å². The number of hydrogen-bond acceptors (Lipinski definition) is 3. The van der Waals surface area contributed by atoms with Crippen molar-refractivity contribution in [1.82, 2.24) is 5.32 Å². The lowest BCUT2D eigenvalue weighted by Crippen LogP contribution is -2.45. The Labute approximate surface area is 373 Å². The second-order valence-electron chi connectivity index (χ2n) is 17.2. The molecule has 4 nitrogen and oxygen atoms in total. The molecule has 1 amide bonds. The predicted molar refractivity (Wildman–Crippen MR) is 267 cm³/mol. The minimum Gasteiger partial charge on any atom is -0.394 e. The van der Waals surface area contributed by atoms with Crippen molar-refractivity contribution in [2.75, 3.05) is 6.61 Å². The summed E-state index contributed by atoms with van der Waals surface area (Å²) in [5.41, 5.74) is 0. The van der Waals surface area contributed by atoms with Crippen LogP contribution in [-0.2, 0) is 4.79 Å². The molecule has 0 aliphatic heterocycles. The molecule has 4 heteroatoms. The van der Waals surface area contributed by atoms with Crippen molar-refractivity contribution in [1.29, 1.82) is 0 Å². The van der Waals surface area contributed by atoms with Gasteiger partial charge in [-0.05, 0) is 70.6 Å². The summed E-state index contributed by atoms with van der Waals surface area (Å²) in [6.45, 7) is 4.08. The lowest BCUT2D eigenvalue weighted by molar-refractivity contribution is -0.123. The third-order valence-electron chi connectivity index (χ3n) is 11.3. The maximum atomic E-state index is 12.3. The molecule has 0 aromatic carbocycles. The first kappa shape index (κ1) is 57.6. The highest BCUT2D eigenvalue weighted by Gasteiger charge is 2.17. The van der Waals surface area contributed by atoms with Gasteiger partial charge in [-0.25, -0.2) is 0 Å². The van der Waals surface area contributed by atoms with Gasteiger partial charge >= 0.3 is 0 Å². The average Bonchev–Trinajstić information content (AvgIpc) is 3.25. The molecule has 346 valence electrons. The Hall–Kier alpha value is -2.43. The Kier molecular flexibility index (Phi) is 48.9. The number of hydrogen-bond donors (Lipinski definition) is 3. The van der Waals surface area contributed by atoms with Crippen molar-refractivity contribution >= 4 is 5.91 Å². The number of carbonyl (C=O) groups is 1. The quantitative estimate of drug-likeness (QED) is 0.0423. The second kappa shape index (κ2) is 50.9. The largest absolute Gasteiger partial charge is 0.394 e. The van der Waals surface area contributed by atoms with Crippen LogP contribution in [0.25, 0.3) is 0 Å². The minimum absolute atomic E-state index is 0.0775. The van der Waals surface area contributed by atoms with Gasteiger partial charge in [0.2, 0.25) is 5.91 Å². The van der Waals surface area contributed by atoms with Crippen molar-refractivity contribution in [2.24, 2.45) is 0 Å². The van der Waals surface area contributed by atoms with Gasteiger partial charge < -0.3 is 15.5 Å². The number of amides is 1. The van der Waals surface area contributed by atoms with Gasteiger partial charge in [-0.2, -0.15) is 0 Å². The normalized spacial score (nSPS) is 13.6. The second-order valence-corrected chi connectivity index (χ2v) is 17.2. The highest BCUT2D eigenvalue weighted by atomic mass is 16.3. The molecule has 0 radical (unpaired) electrons. The number of nitrogens with one attached hydrogen (secondary N) is 1. The maximum absolute atomic E-state index is 12.3. The zero-order chi connectivity index (χ0) is 43.5. The minimum atomic E-state index is -0.859. The highest BCUT2D eigenvalue weighted by molar-refractivity contribution is 5.76. The molecular weight excluding hydrogens is 735 g/mol. The fraction of sp³-hybridized carbons (Fsp3) is 0.732. The van der Waals surface area contributed by atoms with E-state index in [1.54, 1.807) is 6.08 Å². The lowest BCUT2D eigenvalue weighted by atomic mass is 10.0. The summed E-state index contributed by atoms with van der Waals surface area (Å²) >= 11 is 0. The summed E-state index contributed by atoms with van der Waals surface area (Å²) in [5.74, 6) is -0.0775. The summed E-state index contributed by atoms with van der Waals surface area (Å²) in [7, 11) is 0. The number of carbonyl (C=O) groups excluding carboxylic acids is 1. The molecule has 0 aromatic heterocycles. The van der Waals surface area contributed by atoms with Crippen molar-refractivity contribution in [3.05, 3.63) is 85.1 Å². The Morgan fingerprint density at radius 2 is 0.750 bits per heavy atom. The zero-order valence-electron chi connectivity index (χ0n) is 39.7. The fourth-order valence-corrected chi connectivity index (χ4v) is 7.46. The fourth-order valence-electron chi connectivity index (χ4n) is 7.46. The van der Waals surface area contributed by atoms with Crippen LogP contribution in [-0.4, -0.2) is 34.9 Å². The molecule has 0 aliphatic carbocycles. The zero-order valence-corrected chi connectivity index (χ0v) is 39.7. The van der Waals surface area contributed by atoms with Gasteiger partial charge in [-0.3, -0.25) is 4.79 Å². The molecule has 0 saturated heterocycles. The van der Waals surface area contributed by atoms with E-state index in [0.717, 1.165) is 70.6 Å². The Balaban J connectivity index is 3.37. The van der Waals surface area contributed by atoms with E-state index in [2.05, 4.69) is 92.1 Å². The number of rotatable bonds is 46. The van der Waals surface area contributed by atoms with Crippen LogP contribution in [0.15, 0.2) is 85.1 Å². The summed E-state index contributed by atoms with van der Waals surface area (Å²) < 4.78 is 0. The van der Waals surface area contributed by atoms with E-state index in [9.17, 15) is 15.0 Å². The molecule has 60 heavy (non-hydrogen) atoms. The van der Waals surface area contributed by atoms with Crippen LogP contribution in [0, 0.1) is 0 Å². The third kappa shape index (κ3) is 46.6. The Bertz CT molecular complexity index is 1080. The van der Waals surface area contributed by atoms with Gasteiger partial charge in [0.25, 0.3) is 0 Å². The predicted octanol–water partition coefficient (Wildman–Crippen LogP) is 16.8. The monoisotopic (exact) mass is 834 g/mol. The van der Waals surface area contributed by atoms with E-state index >= 15 is 0 Å². The Morgan fingerprint density at radius 3 is 1.15 bits per heavy atom. The van der Waals surface area contributed by atoms with Crippen LogP contribution in [0.1, 0.15) is 245 Å². The first-order chi connectivity index (χ1) is 29.7. The molecule has 0 bridgehead atoms. The van der Waals surface area contributed by atoms with Gasteiger partial charge in [0.1, 0.15) is 0 Å². The molecule has 0 aliphatic rings. The lowest BCUT2D eigenvalue weighted by Gasteiger charge is -2.19. The highest BCUT2D eigenvalue weighted by Crippen LogP contribution is 2.16. The summed E-state index contributed by atoms with van der Waals surface area (Å²) in [5, 5.41) is 22.8. The van der Waals surface area contributed by atoms with E-state index in [-0.39, 0.29) is 12.5 Å². The van der Waals surface area contributed by atoms with E-state index in [0.29, 0.717) is 6.42 Å². The first-order valence-electron chi connectivity index (χ1n) is 25.8. The molecule has 0 rings (SSSR count). The molecule has 0 heterocycles. The summed E-state index contributed by atoms with van der Waals surface area (Å²) in [6.07, 6.45) is 74.9. The number of aliphatic hydroxyl groups is 2. The van der Waals surface area contributed by atoms with Crippen LogP contribution in [0.4, 0.5) is 0 Å². The Morgan fingerprint density at radius 1 is 0.417 bits per heavy atom. The van der Waals surface area contributed by atoms with Crippen molar-refractivity contribution < 1.29 is 15.0 Å². The van der Waals surface area contributed by atoms with Crippen molar-refractivity contribution in [2.45, 2.75) is 257 Å². The standard InChI is InChI=1S/C56H99NO3/c1-3-5-7-9-11-12-13-14-15-16-17-18-19-20-21-22-23-24-25-26-27-28-29-30-31-32-33-34-35-36-37-38-39-40-41-42-43-44-46-48-50-52-56(60)57-54(53-58)55(59)51-49-47-45-10-8-6-4-2/h5,7-8,10-12,14-15,17-18,20-21,49,51,54-55,58-59H,3-4,6,9,13,16,19,22-48,50,52-53H2,1-2H3,(H,57,60)/b7-5-,10-8+,12-11-,15-14-,18-17-,21-20-,51-49+. The van der Waals surface area contributed by atoms with Gasteiger partial charge in [0, 0.05) is 6.42 Å². The van der Waals surface area contributed by atoms with E-state index in [1.165, 1.54) is 154 Å². The summed E-state index contributed by atoms with van der Waals surface area (Å²) in [6, 6.07) is -0.636. The van der Waals surface area contributed by atoms with Crippen molar-refractivity contribution in [3.8, 4) is 0 Å². The molecule has 2 unspecified atom stereocenters. The van der Waals surface area contributed by atoms with Crippen LogP contribution >= 0.6 is 0 Å². The van der Waals surface area contributed by atoms with Crippen LogP contribution in [0.2, 0.25) is 0 Å². The van der Waals surface area contributed by atoms with Crippen molar-refractivity contribution in [3.63, 3.8) is 0 Å². The number of allylic oxidation sites excluding steroid dienone is 13. The molecule has 2 atom stereocenters. The molecule has 0 spiro atoms. The van der Waals surface area contributed by atoms with Gasteiger partial charge in [-0.1, -0.05) is 253 Å². The summed E-state index contributed by atoms with van der Waals surface area (Å²) in [4.78, 5) is 12.3. The van der Waals surface area contributed by atoms with E-state index in [4.69, 9.17) is 0 Å². The average molecular weight is 834 g/mol. The van der Waals surface area contributed by atoms with Gasteiger partial charge in [0.15, 0.2) is 0 Å². The van der Waals surface area contributed by atoms with E-state index in [1.807, 2.05) is 6.08 Å². The molecule has 3 N–H and O–H groups in total.